The molecule has 3 nitrogen and oxygen atoms in total. The summed E-state index contributed by atoms with van der Waals surface area (Å²) in [6.07, 6.45) is 11.6. The van der Waals surface area contributed by atoms with Crippen LogP contribution >= 0.6 is 0 Å². The lowest BCUT2D eigenvalue weighted by molar-refractivity contribution is -0.105. The van der Waals surface area contributed by atoms with Gasteiger partial charge in [0.2, 0.25) is 0 Å². The molecule has 1 aromatic rings. The molecule has 0 bridgehead atoms. The number of aliphatic hydroxyl groups excluding tert-OH is 1. The van der Waals surface area contributed by atoms with E-state index >= 15 is 0 Å². The van der Waals surface area contributed by atoms with Crippen LogP contribution in [0.3, 0.4) is 0 Å². The average molecular weight is 347 g/mol. The second-order valence-corrected chi connectivity index (χ2v) is 7.91. The Kier molecular flexibility index (Phi) is 7.18. The molecule has 0 spiro atoms. The molecule has 140 valence electrons. The maximum absolute atomic E-state index is 10.6. The molecule has 0 amide bonds. The van der Waals surface area contributed by atoms with Crippen molar-refractivity contribution in [2.45, 2.75) is 83.5 Å². The van der Waals surface area contributed by atoms with Crippen molar-refractivity contribution in [3.8, 4) is 5.75 Å². The van der Waals surface area contributed by atoms with Crippen molar-refractivity contribution in [1.29, 1.82) is 0 Å². The third-order valence-corrected chi connectivity index (χ3v) is 5.89. The molecule has 0 aromatic heterocycles. The molecule has 1 saturated heterocycles. The summed E-state index contributed by atoms with van der Waals surface area (Å²) in [4.78, 5) is 0. The summed E-state index contributed by atoms with van der Waals surface area (Å²) in [6.45, 7) is 3.07. The van der Waals surface area contributed by atoms with E-state index < -0.39 is 0 Å². The molecule has 1 N–H and O–H groups in total. The van der Waals surface area contributed by atoms with Gasteiger partial charge in [0.25, 0.3) is 0 Å². The molecule has 0 radical (unpaired) electrons. The number of ether oxygens (including phenoxy) is 2. The minimum atomic E-state index is -0.354. The summed E-state index contributed by atoms with van der Waals surface area (Å²) in [6, 6.07) is 7.94. The molecule has 3 rings (SSSR count). The predicted molar refractivity (Wildman–Crippen MR) is 101 cm³/mol. The van der Waals surface area contributed by atoms with Crippen LogP contribution in [0, 0.1) is 11.8 Å². The van der Waals surface area contributed by atoms with Gasteiger partial charge in [-0.2, -0.15) is 0 Å². The summed E-state index contributed by atoms with van der Waals surface area (Å²) in [5, 5.41) is 10.6. The molecule has 2 fully saturated rings. The largest absolute Gasteiger partial charge is 0.465 e. The van der Waals surface area contributed by atoms with Crippen LogP contribution in [0.15, 0.2) is 24.3 Å². The topological polar surface area (TPSA) is 38.7 Å². The second kappa shape index (κ2) is 9.59. The number of hydrogen-bond acceptors (Lipinski definition) is 3. The van der Waals surface area contributed by atoms with E-state index in [0.29, 0.717) is 5.92 Å². The van der Waals surface area contributed by atoms with Crippen LogP contribution in [0.1, 0.15) is 82.8 Å². The molecule has 1 aliphatic carbocycles. The van der Waals surface area contributed by atoms with Crippen molar-refractivity contribution in [2.24, 2.45) is 11.8 Å². The van der Waals surface area contributed by atoms with E-state index in [1.54, 1.807) is 0 Å². The third-order valence-electron chi connectivity index (χ3n) is 5.89. The van der Waals surface area contributed by atoms with Crippen LogP contribution in [0.4, 0.5) is 0 Å². The van der Waals surface area contributed by atoms with Crippen LogP contribution in [-0.2, 0) is 4.74 Å². The van der Waals surface area contributed by atoms with Gasteiger partial charge in [-0.05, 0) is 48.8 Å². The first-order valence-corrected chi connectivity index (χ1v) is 10.3. The van der Waals surface area contributed by atoms with Crippen molar-refractivity contribution in [2.75, 3.05) is 6.61 Å². The van der Waals surface area contributed by atoms with E-state index in [0.717, 1.165) is 43.1 Å². The highest BCUT2D eigenvalue weighted by molar-refractivity contribution is 5.28. The zero-order chi connectivity index (χ0) is 17.5. The Labute approximate surface area is 152 Å². The van der Waals surface area contributed by atoms with Crippen molar-refractivity contribution in [1.82, 2.24) is 0 Å². The van der Waals surface area contributed by atoms with Crippen LogP contribution in [0.25, 0.3) is 0 Å². The quantitative estimate of drug-likeness (QED) is 0.696. The minimum absolute atomic E-state index is 0.108. The van der Waals surface area contributed by atoms with Gasteiger partial charge in [-0.1, -0.05) is 57.6 Å². The number of benzene rings is 1. The summed E-state index contributed by atoms with van der Waals surface area (Å²) in [5.74, 6) is 2.44. The van der Waals surface area contributed by atoms with Crippen LogP contribution in [0.5, 0.6) is 5.75 Å². The molecular weight excluding hydrogens is 312 g/mol. The summed E-state index contributed by atoms with van der Waals surface area (Å²) in [7, 11) is 0. The van der Waals surface area contributed by atoms with Crippen molar-refractivity contribution in [3.05, 3.63) is 29.8 Å². The first-order valence-electron chi connectivity index (χ1n) is 10.3. The lowest BCUT2D eigenvalue weighted by Gasteiger charge is -2.29. The Morgan fingerprint density at radius 2 is 1.76 bits per heavy atom. The van der Waals surface area contributed by atoms with E-state index in [4.69, 9.17) is 9.47 Å². The summed E-state index contributed by atoms with van der Waals surface area (Å²) < 4.78 is 11.5. The van der Waals surface area contributed by atoms with E-state index in [2.05, 4.69) is 6.92 Å². The molecule has 2 unspecified atom stereocenters. The van der Waals surface area contributed by atoms with Crippen molar-refractivity contribution in [3.63, 3.8) is 0 Å². The molecule has 1 aromatic carbocycles. The smallest absolute Gasteiger partial charge is 0.199 e. The maximum atomic E-state index is 10.6. The number of rotatable bonds is 7. The number of hydrogen-bond donors (Lipinski definition) is 1. The van der Waals surface area contributed by atoms with E-state index in [-0.39, 0.29) is 12.4 Å². The van der Waals surface area contributed by atoms with E-state index in [1.165, 1.54) is 44.9 Å². The van der Waals surface area contributed by atoms with Gasteiger partial charge >= 0.3 is 0 Å². The standard InChI is InChI=1S/C22H34O3/c1-2-5-17-7-9-18(10-8-17)16-21(23)19-11-13-20(14-12-19)25-22-6-3-4-15-24-22/h11-14,17-18,21-23H,2-10,15-16H2,1H3. The van der Waals surface area contributed by atoms with Crippen molar-refractivity contribution < 1.29 is 14.6 Å². The zero-order valence-corrected chi connectivity index (χ0v) is 15.7. The fourth-order valence-electron chi connectivity index (χ4n) is 4.34. The lowest BCUT2D eigenvalue weighted by Crippen LogP contribution is -2.24. The highest BCUT2D eigenvalue weighted by Gasteiger charge is 2.23. The van der Waals surface area contributed by atoms with Gasteiger partial charge in [0, 0.05) is 6.42 Å². The lowest BCUT2D eigenvalue weighted by atomic mass is 9.77. The van der Waals surface area contributed by atoms with Gasteiger partial charge < -0.3 is 14.6 Å². The van der Waals surface area contributed by atoms with Gasteiger partial charge in [-0.15, -0.1) is 0 Å². The molecule has 2 aliphatic rings. The van der Waals surface area contributed by atoms with Crippen LogP contribution in [-0.4, -0.2) is 18.0 Å². The normalized spacial score (nSPS) is 28.5. The SMILES string of the molecule is CCCC1CCC(CC(O)c2ccc(OC3CCCCO3)cc2)CC1. The van der Waals surface area contributed by atoms with Crippen LogP contribution < -0.4 is 4.74 Å². The molecular formula is C22H34O3. The van der Waals surface area contributed by atoms with Gasteiger partial charge in [0.15, 0.2) is 6.29 Å². The molecule has 1 heterocycles. The van der Waals surface area contributed by atoms with Gasteiger partial charge in [0.05, 0.1) is 12.7 Å². The summed E-state index contributed by atoms with van der Waals surface area (Å²) in [5.41, 5.74) is 1.01. The Hall–Kier alpha value is -1.06. The summed E-state index contributed by atoms with van der Waals surface area (Å²) >= 11 is 0. The highest BCUT2D eigenvalue weighted by atomic mass is 16.7. The maximum Gasteiger partial charge on any atom is 0.199 e. The monoisotopic (exact) mass is 346 g/mol. The first kappa shape index (κ1) is 18.7. The van der Waals surface area contributed by atoms with E-state index in [9.17, 15) is 5.11 Å². The molecule has 3 heteroatoms. The van der Waals surface area contributed by atoms with Gasteiger partial charge in [0.1, 0.15) is 5.75 Å². The van der Waals surface area contributed by atoms with Gasteiger partial charge in [-0.25, -0.2) is 0 Å². The predicted octanol–water partition coefficient (Wildman–Crippen LogP) is 5.62. The fourth-order valence-corrected chi connectivity index (χ4v) is 4.34. The Balaban J connectivity index is 1.45. The second-order valence-electron chi connectivity index (χ2n) is 7.91. The Bertz CT molecular complexity index is 484. The zero-order valence-electron chi connectivity index (χ0n) is 15.7. The van der Waals surface area contributed by atoms with Crippen LogP contribution in [0.2, 0.25) is 0 Å². The van der Waals surface area contributed by atoms with Gasteiger partial charge in [-0.3, -0.25) is 0 Å². The van der Waals surface area contributed by atoms with Crippen molar-refractivity contribution >= 4 is 0 Å². The average Bonchev–Trinajstić information content (AvgIpc) is 2.65. The third kappa shape index (κ3) is 5.72. The highest BCUT2D eigenvalue weighted by Crippen LogP contribution is 2.36. The Morgan fingerprint density at radius 1 is 1.04 bits per heavy atom. The number of aliphatic hydroxyl groups is 1. The molecule has 1 saturated carbocycles. The minimum Gasteiger partial charge on any atom is -0.465 e. The molecule has 25 heavy (non-hydrogen) atoms. The molecule has 1 aliphatic heterocycles. The van der Waals surface area contributed by atoms with E-state index in [1.807, 2.05) is 24.3 Å². The fraction of sp³-hybridized carbons (Fsp3) is 0.727. The Morgan fingerprint density at radius 3 is 2.40 bits per heavy atom. The first-order chi connectivity index (χ1) is 12.2. The molecule has 2 atom stereocenters.